The lowest BCUT2D eigenvalue weighted by atomic mass is 10.2. The molecule has 0 bridgehead atoms. The van der Waals surface area contributed by atoms with Gasteiger partial charge >= 0.3 is 0 Å². The molecule has 0 saturated carbocycles. The predicted molar refractivity (Wildman–Crippen MR) is 88.0 cm³/mol. The van der Waals surface area contributed by atoms with Gasteiger partial charge in [-0.1, -0.05) is 29.3 Å². The van der Waals surface area contributed by atoms with Gasteiger partial charge in [-0.15, -0.1) is 0 Å². The Hall–Kier alpha value is -0.980. The second-order valence-electron chi connectivity index (χ2n) is 3.78. The van der Waals surface area contributed by atoms with E-state index in [1.54, 1.807) is 36.4 Å². The third-order valence-corrected chi connectivity index (χ3v) is 3.95. The number of rotatable bonds is 2. The number of nitrogen functional groups attached to an aromatic ring is 1. The minimum atomic E-state index is -0.299. The average Bonchev–Trinajstić information content (AvgIpc) is 2.37. The van der Waals surface area contributed by atoms with E-state index in [2.05, 4.69) is 27.9 Å². The number of para-hydroxylation sites is 1. The molecule has 3 nitrogen and oxygen atoms in total. The summed E-state index contributed by atoms with van der Waals surface area (Å²) >= 11 is 14.0. The number of amides is 1. The van der Waals surface area contributed by atoms with Crippen molar-refractivity contribution in [2.45, 2.75) is 0 Å². The molecule has 0 aliphatic carbocycles. The van der Waals surface area contributed by atoms with Gasteiger partial charge in [-0.3, -0.25) is 4.79 Å². The summed E-state index contributed by atoms with van der Waals surface area (Å²) in [7, 11) is 0. The van der Waals surface area contributed by atoms with Crippen molar-refractivity contribution >= 4 is 63.1 Å². The Labute approximate surface area is 134 Å². The summed E-state index contributed by atoms with van der Waals surface area (Å²) in [6.45, 7) is 0. The van der Waals surface area contributed by atoms with Gasteiger partial charge in [0.15, 0.2) is 0 Å². The summed E-state index contributed by atoms with van der Waals surface area (Å²) in [5.74, 6) is -0.299. The van der Waals surface area contributed by atoms with Crippen LogP contribution in [0, 0.1) is 3.57 Å². The van der Waals surface area contributed by atoms with Crippen LogP contribution in [0.15, 0.2) is 36.4 Å². The fourth-order valence-electron chi connectivity index (χ4n) is 1.53. The normalized spacial score (nSPS) is 10.3. The molecule has 0 saturated heterocycles. The van der Waals surface area contributed by atoms with Gasteiger partial charge in [-0.25, -0.2) is 0 Å². The monoisotopic (exact) mass is 406 g/mol. The molecular formula is C13H9Cl2IN2O. The number of hydrogen-bond acceptors (Lipinski definition) is 2. The average molecular weight is 407 g/mol. The van der Waals surface area contributed by atoms with Crippen LogP contribution in [-0.2, 0) is 0 Å². The highest BCUT2D eigenvalue weighted by atomic mass is 127. The van der Waals surface area contributed by atoms with E-state index < -0.39 is 0 Å². The smallest absolute Gasteiger partial charge is 0.256 e. The van der Waals surface area contributed by atoms with Gasteiger partial charge in [0, 0.05) is 8.59 Å². The van der Waals surface area contributed by atoms with Crippen LogP contribution in [0.2, 0.25) is 10.0 Å². The minimum absolute atomic E-state index is 0.299. The van der Waals surface area contributed by atoms with Crippen LogP contribution in [0.1, 0.15) is 10.4 Å². The number of carbonyl (C=O) groups excluding carboxylic acids is 1. The van der Waals surface area contributed by atoms with E-state index in [0.29, 0.717) is 27.0 Å². The molecule has 2 aromatic carbocycles. The highest BCUT2D eigenvalue weighted by molar-refractivity contribution is 14.1. The minimum Gasteiger partial charge on any atom is -0.397 e. The molecule has 0 heterocycles. The Morgan fingerprint density at radius 2 is 1.95 bits per heavy atom. The first kappa shape index (κ1) is 14.4. The predicted octanol–water partition coefficient (Wildman–Crippen LogP) is 4.43. The maximum atomic E-state index is 12.2. The van der Waals surface area contributed by atoms with Crippen molar-refractivity contribution in [1.29, 1.82) is 0 Å². The van der Waals surface area contributed by atoms with Gasteiger partial charge in [0.1, 0.15) is 0 Å². The lowest BCUT2D eigenvalue weighted by Crippen LogP contribution is -2.15. The van der Waals surface area contributed by atoms with E-state index in [0.717, 1.165) is 3.57 Å². The Kier molecular flexibility index (Phi) is 4.54. The van der Waals surface area contributed by atoms with Crippen LogP contribution < -0.4 is 11.1 Å². The highest BCUT2D eigenvalue weighted by Gasteiger charge is 2.14. The van der Waals surface area contributed by atoms with Crippen LogP contribution in [0.4, 0.5) is 11.4 Å². The maximum Gasteiger partial charge on any atom is 0.256 e. The third kappa shape index (κ3) is 3.32. The molecular weight excluding hydrogens is 398 g/mol. The van der Waals surface area contributed by atoms with Gasteiger partial charge < -0.3 is 11.1 Å². The molecule has 1 amide bonds. The fourth-order valence-corrected chi connectivity index (χ4v) is 2.51. The standard InChI is InChI=1S/C13H9Cl2IN2O/c14-7-4-5-10(16)8(6-7)13(19)18-12-9(15)2-1-3-11(12)17/h1-6H,17H2,(H,18,19). The number of halogens is 3. The van der Waals surface area contributed by atoms with Gasteiger partial charge in [0.05, 0.1) is 22.0 Å². The van der Waals surface area contributed by atoms with Crippen molar-refractivity contribution in [3.63, 3.8) is 0 Å². The molecule has 6 heteroatoms. The second-order valence-corrected chi connectivity index (χ2v) is 5.79. The van der Waals surface area contributed by atoms with Crippen molar-refractivity contribution in [3.8, 4) is 0 Å². The lowest BCUT2D eigenvalue weighted by Gasteiger charge is -2.11. The maximum absolute atomic E-state index is 12.2. The van der Waals surface area contributed by atoms with Crippen LogP contribution in [0.5, 0.6) is 0 Å². The molecule has 2 aromatic rings. The molecule has 0 aromatic heterocycles. The quantitative estimate of drug-likeness (QED) is 0.572. The summed E-state index contributed by atoms with van der Waals surface area (Å²) in [6.07, 6.45) is 0. The first-order valence-corrected chi connectivity index (χ1v) is 7.13. The van der Waals surface area contributed by atoms with Crippen LogP contribution >= 0.6 is 45.8 Å². The van der Waals surface area contributed by atoms with E-state index in [4.69, 9.17) is 28.9 Å². The molecule has 98 valence electrons. The topological polar surface area (TPSA) is 55.1 Å². The Morgan fingerprint density at radius 3 is 2.63 bits per heavy atom. The van der Waals surface area contributed by atoms with Crippen molar-refractivity contribution in [2.24, 2.45) is 0 Å². The fraction of sp³-hybridized carbons (Fsp3) is 0. The molecule has 19 heavy (non-hydrogen) atoms. The number of benzene rings is 2. The summed E-state index contributed by atoms with van der Waals surface area (Å²) in [5.41, 5.74) is 7.09. The largest absolute Gasteiger partial charge is 0.397 e. The van der Waals surface area contributed by atoms with Gasteiger partial charge in [0.2, 0.25) is 0 Å². The van der Waals surface area contributed by atoms with Crippen molar-refractivity contribution in [2.75, 3.05) is 11.1 Å². The number of nitrogens with one attached hydrogen (secondary N) is 1. The molecule has 0 spiro atoms. The second kappa shape index (κ2) is 5.98. The number of hydrogen-bond donors (Lipinski definition) is 2. The molecule has 0 unspecified atom stereocenters. The molecule has 0 aliphatic rings. The third-order valence-electron chi connectivity index (χ3n) is 2.46. The zero-order valence-electron chi connectivity index (χ0n) is 9.58. The number of nitrogens with two attached hydrogens (primary N) is 1. The zero-order valence-corrected chi connectivity index (χ0v) is 13.3. The summed E-state index contributed by atoms with van der Waals surface area (Å²) in [6, 6.07) is 10.2. The summed E-state index contributed by atoms with van der Waals surface area (Å²) in [5, 5.41) is 3.60. The zero-order chi connectivity index (χ0) is 14.0. The molecule has 0 aliphatic heterocycles. The van der Waals surface area contributed by atoms with Crippen molar-refractivity contribution in [3.05, 3.63) is 55.6 Å². The van der Waals surface area contributed by atoms with Crippen LogP contribution in [-0.4, -0.2) is 5.91 Å². The van der Waals surface area contributed by atoms with Gasteiger partial charge in [0.25, 0.3) is 5.91 Å². The molecule has 0 fully saturated rings. The van der Waals surface area contributed by atoms with Crippen molar-refractivity contribution < 1.29 is 4.79 Å². The Morgan fingerprint density at radius 1 is 1.21 bits per heavy atom. The number of anilines is 2. The summed E-state index contributed by atoms with van der Waals surface area (Å²) < 4.78 is 0.796. The molecule has 3 N–H and O–H groups in total. The summed E-state index contributed by atoms with van der Waals surface area (Å²) in [4.78, 5) is 12.2. The number of carbonyl (C=O) groups is 1. The van der Waals surface area contributed by atoms with Gasteiger partial charge in [-0.05, 0) is 52.9 Å². The molecule has 0 atom stereocenters. The van der Waals surface area contributed by atoms with E-state index in [1.807, 2.05) is 0 Å². The van der Waals surface area contributed by atoms with E-state index in [9.17, 15) is 4.79 Å². The van der Waals surface area contributed by atoms with Gasteiger partial charge in [-0.2, -0.15) is 0 Å². The van der Waals surface area contributed by atoms with E-state index in [-0.39, 0.29) is 5.91 Å². The first-order valence-electron chi connectivity index (χ1n) is 5.29. The van der Waals surface area contributed by atoms with E-state index in [1.165, 1.54) is 0 Å². The molecule has 0 radical (unpaired) electrons. The Bertz CT molecular complexity index is 626. The van der Waals surface area contributed by atoms with Crippen LogP contribution in [0.3, 0.4) is 0 Å². The Balaban J connectivity index is 2.34. The lowest BCUT2D eigenvalue weighted by molar-refractivity contribution is 0.102. The van der Waals surface area contributed by atoms with Crippen LogP contribution in [0.25, 0.3) is 0 Å². The molecule has 2 rings (SSSR count). The van der Waals surface area contributed by atoms with Crippen molar-refractivity contribution in [1.82, 2.24) is 0 Å². The first-order chi connectivity index (χ1) is 8.99. The SMILES string of the molecule is Nc1cccc(Cl)c1NC(=O)c1cc(Cl)ccc1I. The van der Waals surface area contributed by atoms with E-state index >= 15 is 0 Å². The highest BCUT2D eigenvalue weighted by Crippen LogP contribution is 2.29.